The van der Waals surface area contributed by atoms with Crippen LogP contribution in [0.25, 0.3) is 11.0 Å². The number of nitrogens with zero attached hydrogens (tertiary/aromatic N) is 4. The van der Waals surface area contributed by atoms with Crippen LogP contribution in [0.5, 0.6) is 0 Å². The van der Waals surface area contributed by atoms with Crippen molar-refractivity contribution in [2.75, 3.05) is 39.9 Å². The van der Waals surface area contributed by atoms with Crippen LogP contribution in [0.15, 0.2) is 24.3 Å². The predicted molar refractivity (Wildman–Crippen MR) is 110 cm³/mol. The second kappa shape index (κ2) is 8.21. The maximum Gasteiger partial charge on any atom is 0.224 e. The monoisotopic (exact) mass is 384 g/mol. The Balaban J connectivity index is 1.43. The number of hydrogen-bond donors (Lipinski definition) is 0. The molecule has 0 radical (unpaired) electrons. The molecule has 0 aliphatic carbocycles. The number of methoxy groups -OCH3 is 1. The lowest BCUT2D eigenvalue weighted by atomic mass is 9.79. The molecule has 4 rings (SSSR count). The second-order valence-corrected chi connectivity index (χ2v) is 8.38. The van der Waals surface area contributed by atoms with Crippen LogP contribution in [-0.4, -0.2) is 65.2 Å². The Morgan fingerprint density at radius 2 is 2.07 bits per heavy atom. The lowest BCUT2D eigenvalue weighted by Crippen LogP contribution is -2.47. The Labute approximate surface area is 167 Å². The first-order valence-electron chi connectivity index (χ1n) is 10.6. The van der Waals surface area contributed by atoms with Crippen LogP contribution in [0.4, 0.5) is 0 Å². The van der Waals surface area contributed by atoms with Gasteiger partial charge in [0.1, 0.15) is 5.82 Å². The van der Waals surface area contributed by atoms with E-state index >= 15 is 0 Å². The molecule has 2 aliphatic rings. The summed E-state index contributed by atoms with van der Waals surface area (Å²) in [6.07, 6.45) is 4.01. The van der Waals surface area contributed by atoms with E-state index in [0.717, 1.165) is 57.0 Å². The van der Waals surface area contributed by atoms with Crippen LogP contribution < -0.4 is 0 Å². The van der Waals surface area contributed by atoms with Gasteiger partial charge in [0.05, 0.1) is 30.6 Å². The molecular weight excluding hydrogens is 352 g/mol. The summed E-state index contributed by atoms with van der Waals surface area (Å²) < 4.78 is 7.42. The molecule has 3 heterocycles. The molecule has 6 heteroatoms. The van der Waals surface area contributed by atoms with E-state index in [9.17, 15) is 4.79 Å². The topological polar surface area (TPSA) is 50.6 Å². The molecule has 0 bridgehead atoms. The van der Waals surface area contributed by atoms with Crippen molar-refractivity contribution >= 4 is 16.9 Å². The number of para-hydroxylation sites is 2. The molecule has 152 valence electrons. The van der Waals surface area contributed by atoms with Crippen LogP contribution in [0.1, 0.15) is 38.4 Å². The zero-order valence-electron chi connectivity index (χ0n) is 17.2. The number of piperidine rings is 1. The largest absolute Gasteiger partial charge is 0.384 e. The van der Waals surface area contributed by atoms with Crippen LogP contribution in [-0.2, 0) is 22.6 Å². The van der Waals surface area contributed by atoms with Gasteiger partial charge < -0.3 is 14.2 Å². The minimum Gasteiger partial charge on any atom is -0.384 e. The standard InChI is InChI=1S/C22H32N4O2/c1-3-26-19-8-5-4-7-18(19)23-20(26)15-24-13-11-22(16-24)10-6-12-25(17-22)21(27)9-14-28-2/h4-5,7-8H,3,6,9-17H2,1-2H3/t22-/m1/s1. The van der Waals surface area contributed by atoms with E-state index in [-0.39, 0.29) is 11.3 Å². The number of carbonyl (C=O) groups excluding carboxylic acids is 1. The lowest BCUT2D eigenvalue weighted by Gasteiger charge is -2.40. The van der Waals surface area contributed by atoms with Crippen molar-refractivity contribution in [2.24, 2.45) is 5.41 Å². The summed E-state index contributed by atoms with van der Waals surface area (Å²) in [5.74, 6) is 1.40. The summed E-state index contributed by atoms with van der Waals surface area (Å²) >= 11 is 0. The Bertz CT molecular complexity index is 833. The smallest absolute Gasteiger partial charge is 0.224 e. The average Bonchev–Trinajstić information content (AvgIpc) is 3.26. The summed E-state index contributed by atoms with van der Waals surface area (Å²) in [6, 6.07) is 8.40. The van der Waals surface area contributed by atoms with Gasteiger partial charge in [-0.25, -0.2) is 4.98 Å². The molecule has 2 aliphatic heterocycles. The first-order valence-corrected chi connectivity index (χ1v) is 10.6. The van der Waals surface area contributed by atoms with Crippen molar-refractivity contribution in [3.8, 4) is 0 Å². The van der Waals surface area contributed by atoms with Gasteiger partial charge in [0.25, 0.3) is 0 Å². The van der Waals surface area contributed by atoms with Crippen LogP contribution >= 0.6 is 0 Å². The van der Waals surface area contributed by atoms with E-state index in [2.05, 4.69) is 45.6 Å². The molecule has 1 amide bonds. The number of carbonyl (C=O) groups is 1. The number of hydrogen-bond acceptors (Lipinski definition) is 4. The Kier molecular flexibility index (Phi) is 5.69. The van der Waals surface area contributed by atoms with Crippen molar-refractivity contribution in [1.82, 2.24) is 19.4 Å². The molecule has 2 aromatic rings. The molecule has 1 aromatic heterocycles. The van der Waals surface area contributed by atoms with Gasteiger partial charge >= 0.3 is 0 Å². The average molecular weight is 385 g/mol. The van der Waals surface area contributed by atoms with Gasteiger partial charge in [0.2, 0.25) is 5.91 Å². The lowest BCUT2D eigenvalue weighted by molar-refractivity contribution is -0.135. The third-order valence-corrected chi connectivity index (χ3v) is 6.47. The SMILES string of the molecule is CCn1c(CN2CC[C@]3(CCCN(C(=O)CCOC)C3)C2)nc2ccccc21. The van der Waals surface area contributed by atoms with Gasteiger partial charge in [-0.05, 0) is 44.9 Å². The summed E-state index contributed by atoms with van der Waals surface area (Å²) in [5, 5.41) is 0. The first-order chi connectivity index (χ1) is 13.6. The number of aryl methyl sites for hydroxylation is 1. The van der Waals surface area contributed by atoms with Crippen LogP contribution in [0, 0.1) is 5.41 Å². The van der Waals surface area contributed by atoms with E-state index < -0.39 is 0 Å². The Hall–Kier alpha value is -1.92. The zero-order chi connectivity index (χ0) is 19.6. The third-order valence-electron chi connectivity index (χ3n) is 6.47. The minimum atomic E-state index is 0.243. The van der Waals surface area contributed by atoms with E-state index in [0.29, 0.717) is 13.0 Å². The molecule has 2 fully saturated rings. The number of rotatable bonds is 6. The van der Waals surface area contributed by atoms with Crippen molar-refractivity contribution in [3.63, 3.8) is 0 Å². The normalized spacial score (nSPS) is 23.1. The molecule has 0 unspecified atom stereocenters. The molecule has 1 atom stereocenters. The number of amides is 1. The van der Waals surface area contributed by atoms with Crippen molar-refractivity contribution in [2.45, 2.75) is 45.7 Å². The Morgan fingerprint density at radius 1 is 1.21 bits per heavy atom. The number of aromatic nitrogens is 2. The fourth-order valence-electron chi connectivity index (χ4n) is 5.06. The summed E-state index contributed by atoms with van der Waals surface area (Å²) in [5.41, 5.74) is 2.56. The van der Waals surface area contributed by atoms with E-state index in [4.69, 9.17) is 9.72 Å². The van der Waals surface area contributed by atoms with E-state index in [1.54, 1.807) is 7.11 Å². The maximum atomic E-state index is 12.5. The fraction of sp³-hybridized carbons (Fsp3) is 0.636. The Morgan fingerprint density at radius 3 is 2.89 bits per heavy atom. The highest BCUT2D eigenvalue weighted by atomic mass is 16.5. The van der Waals surface area contributed by atoms with Crippen molar-refractivity contribution in [1.29, 1.82) is 0 Å². The van der Waals surface area contributed by atoms with Gasteiger partial charge in [-0.1, -0.05) is 12.1 Å². The first kappa shape index (κ1) is 19.4. The van der Waals surface area contributed by atoms with Gasteiger partial charge in [-0.15, -0.1) is 0 Å². The van der Waals surface area contributed by atoms with Crippen molar-refractivity contribution < 1.29 is 9.53 Å². The quantitative estimate of drug-likeness (QED) is 0.768. The zero-order valence-corrected chi connectivity index (χ0v) is 17.2. The molecular formula is C22H32N4O2. The fourth-order valence-corrected chi connectivity index (χ4v) is 5.06. The molecule has 0 N–H and O–H groups in total. The molecule has 1 spiro atoms. The summed E-state index contributed by atoms with van der Waals surface area (Å²) in [6.45, 7) is 8.49. The number of ether oxygens (including phenoxy) is 1. The number of imidazole rings is 1. The van der Waals surface area contributed by atoms with Gasteiger partial charge in [0, 0.05) is 38.7 Å². The second-order valence-electron chi connectivity index (χ2n) is 8.38. The molecule has 28 heavy (non-hydrogen) atoms. The van der Waals surface area contributed by atoms with Crippen molar-refractivity contribution in [3.05, 3.63) is 30.1 Å². The van der Waals surface area contributed by atoms with E-state index in [1.807, 2.05) is 0 Å². The number of benzene rings is 1. The molecule has 2 saturated heterocycles. The predicted octanol–water partition coefficient (Wildman–Crippen LogP) is 2.91. The maximum absolute atomic E-state index is 12.5. The summed E-state index contributed by atoms with van der Waals surface area (Å²) in [7, 11) is 1.66. The summed E-state index contributed by atoms with van der Waals surface area (Å²) in [4.78, 5) is 22.0. The van der Waals surface area contributed by atoms with E-state index in [1.165, 1.54) is 18.4 Å². The molecule has 6 nitrogen and oxygen atoms in total. The third kappa shape index (κ3) is 3.80. The molecule has 1 aromatic carbocycles. The highest BCUT2D eigenvalue weighted by Gasteiger charge is 2.42. The minimum absolute atomic E-state index is 0.243. The highest BCUT2D eigenvalue weighted by molar-refractivity contribution is 5.76. The number of fused-ring (bicyclic) bond motifs is 1. The number of likely N-dealkylation sites (tertiary alicyclic amines) is 2. The van der Waals surface area contributed by atoms with Gasteiger partial charge in [-0.3, -0.25) is 9.69 Å². The van der Waals surface area contributed by atoms with Gasteiger partial charge in [0.15, 0.2) is 0 Å². The highest BCUT2D eigenvalue weighted by Crippen LogP contribution is 2.39. The van der Waals surface area contributed by atoms with Crippen LogP contribution in [0.2, 0.25) is 0 Å². The molecule has 0 saturated carbocycles. The van der Waals surface area contributed by atoms with Gasteiger partial charge in [-0.2, -0.15) is 0 Å². The van der Waals surface area contributed by atoms with Crippen LogP contribution in [0.3, 0.4) is 0 Å².